The third-order valence-corrected chi connectivity index (χ3v) is 9.23. The van der Waals surface area contributed by atoms with Gasteiger partial charge in [-0.1, -0.05) is 164 Å². The molecular formula is C42H32. The molecule has 0 heterocycles. The van der Waals surface area contributed by atoms with Crippen molar-refractivity contribution in [3.8, 4) is 0 Å². The molecule has 0 fully saturated rings. The standard InChI is InChI=1S/C42H32/c1-4-11-30(12-5-1)39(31-13-6-2-7-14-31)40(32-15-8-3-9-16-32)35-21-19-29(20-22-35)37-27-25-36-24-23-33-17-10-18-34-26-28-38(37)42(36)41(33)34/h1-15,17-28,32,38,42H,16H2. The van der Waals surface area contributed by atoms with Crippen LogP contribution in [0.25, 0.3) is 28.9 Å². The highest BCUT2D eigenvalue weighted by Crippen LogP contribution is 2.51. The molecule has 4 aromatic carbocycles. The molecule has 0 bridgehead atoms. The second-order valence-corrected chi connectivity index (χ2v) is 11.6. The Morgan fingerprint density at radius 2 is 1.29 bits per heavy atom. The van der Waals surface area contributed by atoms with Crippen LogP contribution in [-0.4, -0.2) is 0 Å². The molecule has 8 rings (SSSR count). The quantitative estimate of drug-likeness (QED) is 0.223. The van der Waals surface area contributed by atoms with E-state index in [9.17, 15) is 0 Å². The molecule has 200 valence electrons. The summed E-state index contributed by atoms with van der Waals surface area (Å²) in [6, 6.07) is 37.9. The number of allylic oxidation sites excluding steroid dienone is 11. The predicted octanol–water partition coefficient (Wildman–Crippen LogP) is 10.6. The summed E-state index contributed by atoms with van der Waals surface area (Å²) >= 11 is 0. The molecule has 4 aliphatic carbocycles. The van der Waals surface area contributed by atoms with Crippen LogP contribution >= 0.6 is 0 Å². The summed E-state index contributed by atoms with van der Waals surface area (Å²) in [7, 11) is 0. The number of benzene rings is 4. The maximum absolute atomic E-state index is 2.43. The van der Waals surface area contributed by atoms with Crippen LogP contribution in [0.4, 0.5) is 0 Å². The summed E-state index contributed by atoms with van der Waals surface area (Å²) < 4.78 is 0. The fourth-order valence-electron chi connectivity index (χ4n) is 7.31. The van der Waals surface area contributed by atoms with Crippen molar-refractivity contribution in [2.75, 3.05) is 0 Å². The van der Waals surface area contributed by atoms with E-state index in [0.717, 1.165) is 6.42 Å². The van der Waals surface area contributed by atoms with Crippen LogP contribution in [-0.2, 0) is 0 Å². The van der Waals surface area contributed by atoms with Crippen LogP contribution in [0, 0.1) is 11.8 Å². The number of rotatable bonds is 5. The third-order valence-electron chi connectivity index (χ3n) is 9.23. The van der Waals surface area contributed by atoms with E-state index >= 15 is 0 Å². The van der Waals surface area contributed by atoms with E-state index in [-0.39, 0.29) is 0 Å². The van der Waals surface area contributed by atoms with Gasteiger partial charge in [-0.15, -0.1) is 0 Å². The molecule has 0 nitrogen and oxygen atoms in total. The second-order valence-electron chi connectivity index (χ2n) is 11.6. The van der Waals surface area contributed by atoms with Gasteiger partial charge in [0, 0.05) is 17.8 Å². The smallest absolute Gasteiger partial charge is 0.0205 e. The van der Waals surface area contributed by atoms with Gasteiger partial charge in [-0.25, -0.2) is 0 Å². The van der Waals surface area contributed by atoms with Gasteiger partial charge in [0.05, 0.1) is 0 Å². The van der Waals surface area contributed by atoms with Crippen molar-refractivity contribution in [2.45, 2.75) is 12.3 Å². The van der Waals surface area contributed by atoms with Crippen molar-refractivity contribution in [1.29, 1.82) is 0 Å². The zero-order valence-electron chi connectivity index (χ0n) is 23.5. The fourth-order valence-corrected chi connectivity index (χ4v) is 7.31. The fraction of sp³-hybridized carbons (Fsp3) is 0.0952. The summed E-state index contributed by atoms with van der Waals surface area (Å²) in [6.45, 7) is 0. The molecule has 0 aromatic heterocycles. The molecule has 0 aliphatic heterocycles. The molecule has 4 aromatic rings. The van der Waals surface area contributed by atoms with Crippen LogP contribution < -0.4 is 0 Å². The lowest BCUT2D eigenvalue weighted by molar-refractivity contribution is 0.680. The first kappa shape index (κ1) is 24.8. The maximum atomic E-state index is 2.43. The summed E-state index contributed by atoms with van der Waals surface area (Å²) in [6.07, 6.45) is 24.1. The van der Waals surface area contributed by atoms with Crippen molar-refractivity contribution in [1.82, 2.24) is 0 Å². The van der Waals surface area contributed by atoms with Gasteiger partial charge < -0.3 is 0 Å². The van der Waals surface area contributed by atoms with Crippen LogP contribution in [0.2, 0.25) is 0 Å². The molecule has 0 amide bonds. The van der Waals surface area contributed by atoms with E-state index in [4.69, 9.17) is 0 Å². The Morgan fingerprint density at radius 1 is 0.571 bits per heavy atom. The zero-order chi connectivity index (χ0) is 27.9. The van der Waals surface area contributed by atoms with Crippen LogP contribution in [0.15, 0.2) is 157 Å². The summed E-state index contributed by atoms with van der Waals surface area (Å²) in [5.74, 6) is 1.05. The molecule has 0 spiro atoms. The van der Waals surface area contributed by atoms with Gasteiger partial charge in [0.15, 0.2) is 0 Å². The molecule has 0 saturated heterocycles. The normalized spacial score (nSPS) is 20.9. The minimum absolute atomic E-state index is 0.306. The van der Waals surface area contributed by atoms with Crippen LogP contribution in [0.3, 0.4) is 0 Å². The van der Waals surface area contributed by atoms with E-state index < -0.39 is 0 Å². The van der Waals surface area contributed by atoms with Crippen molar-refractivity contribution >= 4 is 28.9 Å². The van der Waals surface area contributed by atoms with Gasteiger partial charge in [-0.05, 0) is 67.7 Å². The van der Waals surface area contributed by atoms with Gasteiger partial charge in [0.2, 0.25) is 0 Å². The van der Waals surface area contributed by atoms with E-state index in [1.807, 2.05) is 0 Å². The Balaban J connectivity index is 1.25. The first-order chi connectivity index (χ1) is 20.8. The highest BCUT2D eigenvalue weighted by atomic mass is 14.4. The minimum Gasteiger partial charge on any atom is -0.0836 e. The predicted molar refractivity (Wildman–Crippen MR) is 178 cm³/mol. The molecule has 3 unspecified atom stereocenters. The van der Waals surface area contributed by atoms with E-state index in [0.29, 0.717) is 17.8 Å². The first-order valence-corrected chi connectivity index (χ1v) is 15.1. The Hall–Kier alpha value is -4.94. The van der Waals surface area contributed by atoms with Gasteiger partial charge in [-0.3, -0.25) is 0 Å². The Bertz CT molecular complexity index is 1830. The van der Waals surface area contributed by atoms with Crippen LogP contribution in [0.5, 0.6) is 0 Å². The Morgan fingerprint density at radius 3 is 1.98 bits per heavy atom. The first-order valence-electron chi connectivity index (χ1n) is 15.1. The molecule has 42 heavy (non-hydrogen) atoms. The molecule has 0 heteroatoms. The molecule has 0 saturated carbocycles. The zero-order valence-corrected chi connectivity index (χ0v) is 23.5. The summed E-state index contributed by atoms with van der Waals surface area (Å²) in [4.78, 5) is 0. The Labute approximate surface area is 248 Å². The topological polar surface area (TPSA) is 0 Å². The van der Waals surface area contributed by atoms with Crippen molar-refractivity contribution in [3.05, 3.63) is 196 Å². The molecule has 4 aliphatic rings. The maximum Gasteiger partial charge on any atom is 0.0205 e. The van der Waals surface area contributed by atoms with Crippen LogP contribution in [0.1, 0.15) is 51.3 Å². The second kappa shape index (κ2) is 10.5. The average Bonchev–Trinajstić information content (AvgIpc) is 3.07. The lowest BCUT2D eigenvalue weighted by Gasteiger charge is -2.38. The van der Waals surface area contributed by atoms with E-state index in [2.05, 4.69) is 164 Å². The lowest BCUT2D eigenvalue weighted by Crippen LogP contribution is -2.23. The highest BCUT2D eigenvalue weighted by molar-refractivity contribution is 6.00. The molecule has 3 atom stereocenters. The Kier molecular flexibility index (Phi) is 6.19. The highest BCUT2D eigenvalue weighted by Gasteiger charge is 2.36. The molecular weight excluding hydrogens is 504 g/mol. The minimum atomic E-state index is 0.306. The molecule has 0 radical (unpaired) electrons. The van der Waals surface area contributed by atoms with Gasteiger partial charge >= 0.3 is 0 Å². The van der Waals surface area contributed by atoms with Gasteiger partial charge in [0.1, 0.15) is 0 Å². The van der Waals surface area contributed by atoms with E-state index in [1.54, 1.807) is 0 Å². The van der Waals surface area contributed by atoms with Gasteiger partial charge in [0.25, 0.3) is 0 Å². The summed E-state index contributed by atoms with van der Waals surface area (Å²) in [5.41, 5.74) is 14.8. The number of hydrogen-bond acceptors (Lipinski definition) is 0. The van der Waals surface area contributed by atoms with Gasteiger partial charge in [-0.2, -0.15) is 0 Å². The van der Waals surface area contributed by atoms with Crippen molar-refractivity contribution in [3.63, 3.8) is 0 Å². The molecule has 0 N–H and O–H groups in total. The third kappa shape index (κ3) is 4.23. The largest absolute Gasteiger partial charge is 0.0836 e. The van der Waals surface area contributed by atoms with Crippen molar-refractivity contribution in [2.24, 2.45) is 11.8 Å². The monoisotopic (exact) mass is 536 g/mol. The SMILES string of the molecule is C1=CCC(C(=C(c2ccccc2)c2ccccc2)c2ccc(C3=CC=C4C=Cc5cccc6c5C4C3C=C6)cc2)C=C1. The summed E-state index contributed by atoms with van der Waals surface area (Å²) in [5, 5.41) is 0. The number of hydrogen-bond donors (Lipinski definition) is 0. The lowest BCUT2D eigenvalue weighted by atomic mass is 9.65. The average molecular weight is 537 g/mol. The van der Waals surface area contributed by atoms with Crippen molar-refractivity contribution < 1.29 is 0 Å². The van der Waals surface area contributed by atoms with E-state index in [1.165, 1.54) is 61.2 Å².